The molecule has 2 fully saturated rings. The van der Waals surface area contributed by atoms with E-state index in [1.165, 1.54) is 0 Å². The first-order valence-electron chi connectivity index (χ1n) is 7.15. The van der Waals surface area contributed by atoms with Gasteiger partial charge in [-0.3, -0.25) is 0 Å². The minimum Gasteiger partial charge on any atom is -0.375 e. The van der Waals surface area contributed by atoms with Gasteiger partial charge in [-0.2, -0.15) is 13.7 Å². The van der Waals surface area contributed by atoms with Crippen LogP contribution in [-0.4, -0.2) is 57.8 Å². The second-order valence-electron chi connectivity index (χ2n) is 5.85. The number of allylic oxidation sites excluding steroid dienone is 1. The van der Waals surface area contributed by atoms with Crippen LogP contribution in [0.25, 0.3) is 0 Å². The Balaban J connectivity index is 2.26. The average molecular weight is 347 g/mol. The van der Waals surface area contributed by atoms with Crippen molar-refractivity contribution in [2.45, 2.75) is 50.7 Å². The highest BCUT2D eigenvalue weighted by atomic mass is 32.2. The van der Waals surface area contributed by atoms with Crippen LogP contribution in [0.1, 0.15) is 20.8 Å². The SMILES string of the molecule is C/C=C/COC[C@H]1O[C@@H]2OC(C)(C)O[C@@H]2[C@]1(C#N)OS(C)(=O)=O. The molecule has 0 N–H and O–H groups in total. The second-order valence-corrected chi connectivity index (χ2v) is 7.42. The van der Waals surface area contributed by atoms with Gasteiger partial charge in [-0.15, -0.1) is 0 Å². The molecule has 0 aromatic heterocycles. The van der Waals surface area contributed by atoms with Crippen molar-refractivity contribution in [3.63, 3.8) is 0 Å². The first kappa shape index (κ1) is 18.3. The number of ether oxygens (including phenoxy) is 4. The summed E-state index contributed by atoms with van der Waals surface area (Å²) in [7, 11) is -3.93. The quantitative estimate of drug-likeness (QED) is 0.393. The molecule has 0 radical (unpaired) electrons. The van der Waals surface area contributed by atoms with Crippen molar-refractivity contribution in [3.05, 3.63) is 12.2 Å². The molecule has 130 valence electrons. The molecule has 2 heterocycles. The Labute approximate surface area is 136 Å². The topological polar surface area (TPSA) is 104 Å². The molecule has 2 aliphatic rings. The summed E-state index contributed by atoms with van der Waals surface area (Å²) in [6.07, 6.45) is 1.60. The van der Waals surface area contributed by atoms with E-state index in [9.17, 15) is 13.7 Å². The van der Waals surface area contributed by atoms with Gasteiger partial charge in [-0.1, -0.05) is 12.2 Å². The smallest absolute Gasteiger partial charge is 0.266 e. The van der Waals surface area contributed by atoms with Gasteiger partial charge < -0.3 is 18.9 Å². The van der Waals surface area contributed by atoms with Crippen molar-refractivity contribution in [1.82, 2.24) is 0 Å². The van der Waals surface area contributed by atoms with Gasteiger partial charge in [0.25, 0.3) is 10.1 Å². The number of hydrogen-bond donors (Lipinski definition) is 0. The normalized spacial score (nSPS) is 36.2. The number of hydrogen-bond acceptors (Lipinski definition) is 8. The average Bonchev–Trinajstić information content (AvgIpc) is 2.85. The highest BCUT2D eigenvalue weighted by Gasteiger charge is 2.67. The maximum atomic E-state index is 11.6. The fraction of sp³-hybridized carbons (Fsp3) is 0.786. The first-order valence-corrected chi connectivity index (χ1v) is 8.97. The highest BCUT2D eigenvalue weighted by Crippen LogP contribution is 2.45. The lowest BCUT2D eigenvalue weighted by molar-refractivity contribution is -0.224. The maximum Gasteiger partial charge on any atom is 0.266 e. The molecule has 0 bridgehead atoms. The summed E-state index contributed by atoms with van der Waals surface area (Å²) in [6, 6.07) is 1.90. The molecular weight excluding hydrogens is 326 g/mol. The predicted octanol–water partition coefficient (Wildman–Crippen LogP) is 0.694. The molecule has 0 spiro atoms. The van der Waals surface area contributed by atoms with Crippen molar-refractivity contribution in [2.75, 3.05) is 19.5 Å². The number of fused-ring (bicyclic) bond motifs is 1. The fourth-order valence-electron chi connectivity index (χ4n) is 2.57. The van der Waals surface area contributed by atoms with Gasteiger partial charge in [0.2, 0.25) is 5.60 Å². The molecule has 2 aliphatic heterocycles. The third-order valence-electron chi connectivity index (χ3n) is 3.44. The molecule has 0 aromatic rings. The third-order valence-corrected chi connectivity index (χ3v) is 4.02. The lowest BCUT2D eigenvalue weighted by Crippen LogP contribution is -2.52. The molecule has 2 rings (SSSR count). The van der Waals surface area contributed by atoms with Gasteiger partial charge in [-0.05, 0) is 20.8 Å². The van der Waals surface area contributed by atoms with E-state index in [2.05, 4.69) is 0 Å². The maximum absolute atomic E-state index is 11.6. The molecule has 0 aliphatic carbocycles. The zero-order valence-electron chi connectivity index (χ0n) is 13.5. The Bertz CT molecular complexity index is 609. The highest BCUT2D eigenvalue weighted by molar-refractivity contribution is 7.86. The van der Waals surface area contributed by atoms with Crippen molar-refractivity contribution < 1.29 is 31.5 Å². The molecule has 0 saturated carbocycles. The first-order chi connectivity index (χ1) is 10.6. The Morgan fingerprint density at radius 3 is 2.61 bits per heavy atom. The van der Waals surface area contributed by atoms with Crippen LogP contribution in [0.5, 0.6) is 0 Å². The lowest BCUT2D eigenvalue weighted by Gasteiger charge is -2.30. The van der Waals surface area contributed by atoms with Gasteiger partial charge >= 0.3 is 0 Å². The Hall–Kier alpha value is -1.02. The molecule has 0 amide bonds. The Morgan fingerprint density at radius 2 is 2.04 bits per heavy atom. The van der Waals surface area contributed by atoms with Gasteiger partial charge in [0.05, 0.1) is 19.5 Å². The molecule has 0 aromatic carbocycles. The van der Waals surface area contributed by atoms with Crippen LogP contribution in [0.2, 0.25) is 0 Å². The van der Waals surface area contributed by atoms with Gasteiger partial charge in [-0.25, -0.2) is 4.18 Å². The van der Waals surface area contributed by atoms with Gasteiger partial charge in [0.15, 0.2) is 18.2 Å². The van der Waals surface area contributed by atoms with Gasteiger partial charge in [0, 0.05) is 0 Å². The number of nitrogens with zero attached hydrogens (tertiary/aromatic N) is 1. The Morgan fingerprint density at radius 1 is 1.35 bits per heavy atom. The second kappa shape index (κ2) is 6.47. The van der Waals surface area contributed by atoms with Crippen molar-refractivity contribution in [1.29, 1.82) is 5.26 Å². The lowest BCUT2D eigenvalue weighted by atomic mass is 9.94. The summed E-state index contributed by atoms with van der Waals surface area (Å²) in [5.74, 6) is -1.00. The number of nitriles is 1. The monoisotopic (exact) mass is 347 g/mol. The van der Waals surface area contributed by atoms with Crippen LogP contribution in [0.15, 0.2) is 12.2 Å². The van der Waals surface area contributed by atoms with Crippen LogP contribution < -0.4 is 0 Å². The molecule has 0 unspecified atom stereocenters. The van der Waals surface area contributed by atoms with Crippen LogP contribution in [0, 0.1) is 11.3 Å². The van der Waals surface area contributed by atoms with Crippen LogP contribution >= 0.6 is 0 Å². The van der Waals surface area contributed by atoms with E-state index in [-0.39, 0.29) is 6.61 Å². The fourth-order valence-corrected chi connectivity index (χ4v) is 3.31. The third kappa shape index (κ3) is 3.91. The summed E-state index contributed by atoms with van der Waals surface area (Å²) in [6.45, 7) is 5.41. The van der Waals surface area contributed by atoms with Crippen LogP contribution in [0.3, 0.4) is 0 Å². The zero-order valence-corrected chi connectivity index (χ0v) is 14.3. The van der Waals surface area contributed by atoms with E-state index in [1.54, 1.807) is 19.9 Å². The van der Waals surface area contributed by atoms with Crippen molar-refractivity contribution >= 4 is 10.1 Å². The molecule has 8 nitrogen and oxygen atoms in total. The van der Waals surface area contributed by atoms with E-state index in [0.717, 1.165) is 6.26 Å². The molecule has 4 atom stereocenters. The summed E-state index contributed by atoms with van der Waals surface area (Å²) in [5, 5.41) is 9.65. The molecular formula is C14H21NO7S. The van der Waals surface area contributed by atoms with Crippen molar-refractivity contribution in [3.8, 4) is 6.07 Å². The van der Waals surface area contributed by atoms with E-state index in [1.807, 2.05) is 19.1 Å². The van der Waals surface area contributed by atoms with E-state index in [4.69, 9.17) is 23.1 Å². The van der Waals surface area contributed by atoms with Crippen LogP contribution in [0.4, 0.5) is 0 Å². The summed E-state index contributed by atoms with van der Waals surface area (Å²) < 4.78 is 50.6. The standard InChI is InChI=1S/C14H21NO7S/c1-5-6-7-18-8-10-14(9-15,22-23(4,16)17)11-12(19-10)21-13(2,3)20-11/h5-6,10-12H,7-8H2,1-4H3/b6-5+/t10-,11+,12-,14-/m1/s1. The van der Waals surface area contributed by atoms with Crippen molar-refractivity contribution in [2.24, 2.45) is 0 Å². The minimum atomic E-state index is -3.93. The molecule has 2 saturated heterocycles. The number of rotatable bonds is 6. The van der Waals surface area contributed by atoms with E-state index >= 15 is 0 Å². The summed E-state index contributed by atoms with van der Waals surface area (Å²) in [5.41, 5.74) is -1.86. The van der Waals surface area contributed by atoms with E-state index in [0.29, 0.717) is 6.61 Å². The van der Waals surface area contributed by atoms with E-state index < -0.39 is 40.0 Å². The summed E-state index contributed by atoms with van der Waals surface area (Å²) >= 11 is 0. The van der Waals surface area contributed by atoms with Crippen LogP contribution in [-0.2, 0) is 33.2 Å². The molecule has 23 heavy (non-hydrogen) atoms. The van der Waals surface area contributed by atoms with Gasteiger partial charge in [0.1, 0.15) is 12.2 Å². The Kier molecular flexibility index (Phi) is 5.15. The summed E-state index contributed by atoms with van der Waals surface area (Å²) in [4.78, 5) is 0. The predicted molar refractivity (Wildman–Crippen MR) is 78.6 cm³/mol. The molecule has 9 heteroatoms. The largest absolute Gasteiger partial charge is 0.375 e. The minimum absolute atomic E-state index is 0.0342. The zero-order chi connectivity index (χ0) is 17.3.